The first-order valence-corrected chi connectivity index (χ1v) is 8.52. The number of ether oxygens (including phenoxy) is 2. The molecule has 1 N–H and O–H groups in total. The molecule has 3 rings (SSSR count). The Labute approximate surface area is 133 Å². The summed E-state index contributed by atoms with van der Waals surface area (Å²) in [6.45, 7) is 9.29. The molecule has 6 nitrogen and oxygen atoms in total. The molecule has 6 heteroatoms. The van der Waals surface area contributed by atoms with Crippen LogP contribution in [0.2, 0.25) is 0 Å². The first-order valence-electron chi connectivity index (χ1n) is 8.52. The molecule has 2 unspecified atom stereocenters. The molecule has 0 spiro atoms. The van der Waals surface area contributed by atoms with E-state index in [0.29, 0.717) is 18.1 Å². The van der Waals surface area contributed by atoms with E-state index in [4.69, 9.17) is 9.47 Å². The third-order valence-electron chi connectivity index (χ3n) is 4.71. The van der Waals surface area contributed by atoms with E-state index in [0.717, 1.165) is 52.0 Å². The van der Waals surface area contributed by atoms with Crippen LogP contribution in [0.15, 0.2) is 0 Å². The van der Waals surface area contributed by atoms with Crippen molar-refractivity contribution in [1.29, 1.82) is 0 Å². The largest absolute Gasteiger partial charge is 0.444 e. The number of piperidine rings is 1. The van der Waals surface area contributed by atoms with Crippen molar-refractivity contribution in [2.45, 2.75) is 70.2 Å². The number of hydrazine groups is 1. The summed E-state index contributed by atoms with van der Waals surface area (Å²) in [5, 5.41) is 2.27. The van der Waals surface area contributed by atoms with Crippen LogP contribution in [-0.2, 0) is 9.47 Å². The van der Waals surface area contributed by atoms with Crippen molar-refractivity contribution in [3.63, 3.8) is 0 Å². The lowest BCUT2D eigenvalue weighted by Crippen LogP contribution is -2.57. The molecule has 0 aliphatic carbocycles. The van der Waals surface area contributed by atoms with Gasteiger partial charge in [0.15, 0.2) is 0 Å². The molecule has 3 aliphatic heterocycles. The summed E-state index contributed by atoms with van der Waals surface area (Å²) in [4.78, 5) is 14.4. The highest BCUT2D eigenvalue weighted by Crippen LogP contribution is 2.36. The summed E-state index contributed by atoms with van der Waals surface area (Å²) in [7, 11) is 0. The Balaban J connectivity index is 1.55. The van der Waals surface area contributed by atoms with E-state index in [1.807, 2.05) is 25.7 Å². The molecule has 0 radical (unpaired) electrons. The lowest BCUT2D eigenvalue weighted by atomic mass is 9.98. The zero-order valence-corrected chi connectivity index (χ0v) is 14.0. The van der Waals surface area contributed by atoms with Gasteiger partial charge < -0.3 is 14.4 Å². The SMILES string of the molecule is CC(C)(C)OC(=O)N1C2CCC1CC(NN1CCOCC1)C2. The van der Waals surface area contributed by atoms with E-state index in [2.05, 4.69) is 10.4 Å². The fourth-order valence-electron chi connectivity index (χ4n) is 3.85. The molecule has 0 saturated carbocycles. The van der Waals surface area contributed by atoms with Crippen LogP contribution >= 0.6 is 0 Å². The van der Waals surface area contributed by atoms with Crippen LogP contribution in [-0.4, -0.2) is 66.0 Å². The van der Waals surface area contributed by atoms with E-state index in [9.17, 15) is 4.79 Å². The molecule has 2 bridgehead atoms. The fraction of sp³-hybridized carbons (Fsp3) is 0.938. The van der Waals surface area contributed by atoms with E-state index in [1.54, 1.807) is 0 Å². The second kappa shape index (κ2) is 6.34. The molecule has 22 heavy (non-hydrogen) atoms. The van der Waals surface area contributed by atoms with Crippen molar-refractivity contribution in [3.05, 3.63) is 0 Å². The Morgan fingerprint density at radius 3 is 2.27 bits per heavy atom. The fourth-order valence-corrected chi connectivity index (χ4v) is 3.85. The molecule has 126 valence electrons. The summed E-state index contributed by atoms with van der Waals surface area (Å²) in [6, 6.07) is 1.12. The molecule has 3 fully saturated rings. The number of hydrogen-bond donors (Lipinski definition) is 1. The monoisotopic (exact) mass is 311 g/mol. The van der Waals surface area contributed by atoms with Crippen molar-refractivity contribution in [2.75, 3.05) is 26.3 Å². The van der Waals surface area contributed by atoms with Crippen LogP contribution in [0.3, 0.4) is 0 Å². The number of fused-ring (bicyclic) bond motifs is 2. The number of morpholine rings is 1. The lowest BCUT2D eigenvalue weighted by Gasteiger charge is -2.41. The highest BCUT2D eigenvalue weighted by atomic mass is 16.6. The van der Waals surface area contributed by atoms with E-state index in [-0.39, 0.29) is 6.09 Å². The number of amides is 1. The van der Waals surface area contributed by atoms with Crippen molar-refractivity contribution >= 4 is 6.09 Å². The van der Waals surface area contributed by atoms with Gasteiger partial charge in [-0.1, -0.05) is 0 Å². The highest BCUT2D eigenvalue weighted by Gasteiger charge is 2.45. The van der Waals surface area contributed by atoms with Gasteiger partial charge in [0.1, 0.15) is 5.60 Å². The van der Waals surface area contributed by atoms with Crippen molar-refractivity contribution in [2.24, 2.45) is 0 Å². The van der Waals surface area contributed by atoms with Crippen LogP contribution in [0.5, 0.6) is 0 Å². The minimum Gasteiger partial charge on any atom is -0.444 e. The Hall–Kier alpha value is -0.850. The molecule has 0 aromatic rings. The van der Waals surface area contributed by atoms with Crippen LogP contribution in [0.25, 0.3) is 0 Å². The zero-order chi connectivity index (χ0) is 15.7. The number of hydrogen-bond acceptors (Lipinski definition) is 5. The van der Waals surface area contributed by atoms with Gasteiger partial charge in [0.25, 0.3) is 0 Å². The van der Waals surface area contributed by atoms with Crippen molar-refractivity contribution < 1.29 is 14.3 Å². The predicted octanol–water partition coefficient (Wildman–Crippen LogP) is 1.75. The van der Waals surface area contributed by atoms with Crippen LogP contribution < -0.4 is 5.43 Å². The molecular weight excluding hydrogens is 282 g/mol. The summed E-state index contributed by atoms with van der Waals surface area (Å²) >= 11 is 0. The molecule has 0 aromatic carbocycles. The van der Waals surface area contributed by atoms with Gasteiger partial charge in [-0.25, -0.2) is 9.80 Å². The molecule has 3 heterocycles. The van der Waals surface area contributed by atoms with Crippen LogP contribution in [0, 0.1) is 0 Å². The van der Waals surface area contributed by atoms with Gasteiger partial charge in [-0.2, -0.15) is 0 Å². The number of nitrogens with one attached hydrogen (secondary N) is 1. The second-order valence-electron chi connectivity index (χ2n) is 7.67. The molecule has 0 aromatic heterocycles. The highest BCUT2D eigenvalue weighted by molar-refractivity contribution is 5.69. The zero-order valence-electron chi connectivity index (χ0n) is 14.0. The maximum atomic E-state index is 12.4. The van der Waals surface area contributed by atoms with Gasteiger partial charge in [-0.3, -0.25) is 5.43 Å². The van der Waals surface area contributed by atoms with Gasteiger partial charge in [0.2, 0.25) is 0 Å². The first-order chi connectivity index (χ1) is 10.4. The summed E-state index contributed by atoms with van der Waals surface area (Å²) in [5.74, 6) is 0. The topological polar surface area (TPSA) is 54.0 Å². The number of rotatable bonds is 2. The maximum absolute atomic E-state index is 12.4. The van der Waals surface area contributed by atoms with Gasteiger partial charge >= 0.3 is 6.09 Å². The number of nitrogens with zero attached hydrogens (tertiary/aromatic N) is 2. The Morgan fingerprint density at radius 1 is 1.14 bits per heavy atom. The van der Waals surface area contributed by atoms with Crippen molar-refractivity contribution in [3.8, 4) is 0 Å². The van der Waals surface area contributed by atoms with Gasteiger partial charge in [-0.05, 0) is 46.5 Å². The Morgan fingerprint density at radius 2 is 1.73 bits per heavy atom. The summed E-state index contributed by atoms with van der Waals surface area (Å²) in [6.07, 6.45) is 4.11. The third kappa shape index (κ3) is 3.73. The molecule has 3 saturated heterocycles. The average Bonchev–Trinajstić information content (AvgIpc) is 2.70. The van der Waals surface area contributed by atoms with Crippen LogP contribution in [0.4, 0.5) is 4.79 Å². The normalized spacial score (nSPS) is 33.0. The van der Waals surface area contributed by atoms with E-state index in [1.165, 1.54) is 0 Å². The minimum atomic E-state index is -0.417. The van der Waals surface area contributed by atoms with Gasteiger partial charge in [0.05, 0.1) is 13.2 Å². The maximum Gasteiger partial charge on any atom is 0.410 e. The lowest BCUT2D eigenvalue weighted by molar-refractivity contribution is -0.0178. The first kappa shape index (κ1) is 16.0. The molecular formula is C16H29N3O3. The second-order valence-corrected chi connectivity index (χ2v) is 7.67. The number of carbonyl (C=O) groups is 1. The predicted molar refractivity (Wildman–Crippen MR) is 83.4 cm³/mol. The Bertz CT molecular complexity index is 390. The van der Waals surface area contributed by atoms with Gasteiger partial charge in [0, 0.05) is 31.2 Å². The average molecular weight is 311 g/mol. The summed E-state index contributed by atoms with van der Waals surface area (Å²) in [5.41, 5.74) is 3.22. The summed E-state index contributed by atoms with van der Waals surface area (Å²) < 4.78 is 11.0. The third-order valence-corrected chi connectivity index (χ3v) is 4.71. The standard InChI is InChI=1S/C16H29N3O3/c1-16(2,3)22-15(20)19-13-4-5-14(19)11-12(10-13)17-18-6-8-21-9-7-18/h12-14,17H,4-11H2,1-3H3. The van der Waals surface area contributed by atoms with Crippen molar-refractivity contribution in [1.82, 2.24) is 15.3 Å². The quantitative estimate of drug-likeness (QED) is 0.842. The Kier molecular flexibility index (Phi) is 4.61. The number of carbonyl (C=O) groups excluding carboxylic acids is 1. The van der Waals surface area contributed by atoms with Crippen LogP contribution in [0.1, 0.15) is 46.5 Å². The molecule has 3 aliphatic rings. The van der Waals surface area contributed by atoms with E-state index >= 15 is 0 Å². The van der Waals surface area contributed by atoms with E-state index < -0.39 is 5.60 Å². The minimum absolute atomic E-state index is 0.134. The molecule has 2 atom stereocenters. The molecule has 1 amide bonds. The van der Waals surface area contributed by atoms with Gasteiger partial charge in [-0.15, -0.1) is 0 Å². The smallest absolute Gasteiger partial charge is 0.410 e.